The van der Waals surface area contributed by atoms with Crippen LogP contribution in [0.3, 0.4) is 0 Å². The van der Waals surface area contributed by atoms with Gasteiger partial charge in [0.05, 0.1) is 0 Å². The summed E-state index contributed by atoms with van der Waals surface area (Å²) in [7, 11) is 1.70. The molecule has 1 fully saturated rings. The predicted octanol–water partition coefficient (Wildman–Crippen LogP) is 1.22. The van der Waals surface area contributed by atoms with E-state index in [4.69, 9.17) is 12.2 Å². The van der Waals surface area contributed by atoms with Gasteiger partial charge in [-0.2, -0.15) is 0 Å². The van der Waals surface area contributed by atoms with Crippen LogP contribution in [0.15, 0.2) is 0 Å². The second kappa shape index (κ2) is 3.51. The Bertz CT molecular complexity index is 174. The highest BCUT2D eigenvalue weighted by Crippen LogP contribution is 2.27. The van der Waals surface area contributed by atoms with Crippen molar-refractivity contribution in [2.45, 2.75) is 18.8 Å². The van der Waals surface area contributed by atoms with Gasteiger partial charge in [-0.05, 0) is 12.2 Å². The van der Waals surface area contributed by atoms with E-state index in [0.717, 1.165) is 0 Å². The summed E-state index contributed by atoms with van der Waals surface area (Å²) in [6, 6.07) is 0. The largest absolute Gasteiger partial charge is 0.366 e. The lowest BCUT2D eigenvalue weighted by atomic mass is 10.1. The monoisotopic (exact) mass is 194 g/mol. The summed E-state index contributed by atoms with van der Waals surface area (Å²) in [5, 5.41) is 3.34. The van der Waals surface area contributed by atoms with Crippen molar-refractivity contribution in [1.82, 2.24) is 10.2 Å². The molecule has 0 radical (unpaired) electrons. The summed E-state index contributed by atoms with van der Waals surface area (Å²) in [6.07, 6.45) is -0.177. The molecule has 1 rings (SSSR count). The highest BCUT2D eigenvalue weighted by molar-refractivity contribution is 7.80. The van der Waals surface area contributed by atoms with Crippen LogP contribution in [0.25, 0.3) is 0 Å². The maximum Gasteiger partial charge on any atom is 0.251 e. The van der Waals surface area contributed by atoms with Gasteiger partial charge in [0.2, 0.25) is 0 Å². The normalized spacial score (nSPS) is 22.1. The van der Waals surface area contributed by atoms with Gasteiger partial charge in [-0.1, -0.05) is 0 Å². The molecule has 0 unspecified atom stereocenters. The average molecular weight is 194 g/mol. The highest BCUT2D eigenvalue weighted by Gasteiger charge is 2.34. The van der Waals surface area contributed by atoms with E-state index in [1.165, 1.54) is 0 Å². The van der Waals surface area contributed by atoms with Crippen LogP contribution in [-0.4, -0.2) is 36.1 Å². The second-order valence-corrected chi connectivity index (χ2v) is 3.28. The first kappa shape index (κ1) is 9.64. The van der Waals surface area contributed by atoms with Crippen LogP contribution in [0.5, 0.6) is 0 Å². The number of piperidine rings is 1. The molecule has 0 spiro atoms. The first-order valence-corrected chi connectivity index (χ1v) is 4.30. The van der Waals surface area contributed by atoms with Gasteiger partial charge in [-0.25, -0.2) is 8.78 Å². The average Bonchev–Trinajstić information content (AvgIpc) is 2.03. The summed E-state index contributed by atoms with van der Waals surface area (Å²) in [4.78, 5) is 1.77. The first-order chi connectivity index (χ1) is 5.55. The quantitative estimate of drug-likeness (QED) is 0.584. The summed E-state index contributed by atoms with van der Waals surface area (Å²) < 4.78 is 25.3. The third kappa shape index (κ3) is 2.27. The molecule has 0 bridgehead atoms. The zero-order valence-corrected chi connectivity index (χ0v) is 7.76. The molecule has 0 saturated carbocycles. The fourth-order valence-electron chi connectivity index (χ4n) is 1.20. The van der Waals surface area contributed by atoms with Gasteiger partial charge in [-0.15, -0.1) is 0 Å². The van der Waals surface area contributed by atoms with E-state index in [1.807, 2.05) is 0 Å². The standard InChI is InChI=1S/C7H12F2N2S/c1-10-6(12)11-4-2-7(8,9)3-5-11/h2-5H2,1H3,(H,10,12). The lowest BCUT2D eigenvalue weighted by Gasteiger charge is -2.33. The lowest BCUT2D eigenvalue weighted by Crippen LogP contribution is -2.46. The van der Waals surface area contributed by atoms with Gasteiger partial charge < -0.3 is 10.2 Å². The highest BCUT2D eigenvalue weighted by atomic mass is 32.1. The zero-order chi connectivity index (χ0) is 9.19. The van der Waals surface area contributed by atoms with Crippen LogP contribution in [0.1, 0.15) is 12.8 Å². The van der Waals surface area contributed by atoms with E-state index in [9.17, 15) is 8.78 Å². The fraction of sp³-hybridized carbons (Fsp3) is 0.857. The summed E-state index contributed by atoms with van der Waals surface area (Å²) in [5.74, 6) is -2.49. The van der Waals surface area contributed by atoms with Crippen molar-refractivity contribution in [3.63, 3.8) is 0 Å². The molecule has 0 aliphatic carbocycles. The van der Waals surface area contributed by atoms with Gasteiger partial charge in [0.25, 0.3) is 5.92 Å². The molecule has 5 heteroatoms. The Labute approximate surface area is 75.9 Å². The predicted molar refractivity (Wildman–Crippen MR) is 47.4 cm³/mol. The molecular formula is C7H12F2N2S. The molecule has 1 aliphatic rings. The van der Waals surface area contributed by atoms with Crippen LogP contribution >= 0.6 is 12.2 Å². The molecule has 0 aromatic carbocycles. The Hall–Kier alpha value is -0.450. The smallest absolute Gasteiger partial charge is 0.251 e. The second-order valence-electron chi connectivity index (χ2n) is 2.90. The number of rotatable bonds is 0. The molecule has 1 N–H and O–H groups in total. The van der Waals surface area contributed by atoms with Crippen molar-refractivity contribution in [3.8, 4) is 0 Å². The Morgan fingerprint density at radius 3 is 2.33 bits per heavy atom. The summed E-state index contributed by atoms with van der Waals surface area (Å²) >= 11 is 4.92. The molecule has 1 saturated heterocycles. The molecule has 12 heavy (non-hydrogen) atoms. The van der Waals surface area contributed by atoms with Crippen LogP contribution in [-0.2, 0) is 0 Å². The van der Waals surface area contributed by atoms with E-state index in [1.54, 1.807) is 11.9 Å². The van der Waals surface area contributed by atoms with Crippen molar-refractivity contribution in [2.75, 3.05) is 20.1 Å². The molecule has 2 nitrogen and oxygen atoms in total. The molecule has 0 amide bonds. The molecule has 1 heterocycles. The molecule has 70 valence electrons. The Kier molecular flexibility index (Phi) is 2.82. The minimum absolute atomic E-state index is 0.0885. The SMILES string of the molecule is CNC(=S)N1CCC(F)(F)CC1. The van der Waals surface area contributed by atoms with Gasteiger partial charge >= 0.3 is 0 Å². The van der Waals surface area contributed by atoms with Gasteiger partial charge in [0, 0.05) is 33.0 Å². The number of nitrogens with zero attached hydrogens (tertiary/aromatic N) is 1. The van der Waals surface area contributed by atoms with Crippen molar-refractivity contribution < 1.29 is 8.78 Å². The zero-order valence-electron chi connectivity index (χ0n) is 6.94. The maximum atomic E-state index is 12.7. The Morgan fingerprint density at radius 1 is 1.42 bits per heavy atom. The number of thiocarbonyl (C=S) groups is 1. The Morgan fingerprint density at radius 2 is 1.92 bits per heavy atom. The molecule has 0 atom stereocenters. The van der Waals surface area contributed by atoms with Gasteiger partial charge in [-0.3, -0.25) is 0 Å². The fourth-order valence-corrected chi connectivity index (χ4v) is 1.38. The van der Waals surface area contributed by atoms with Gasteiger partial charge in [0.15, 0.2) is 5.11 Å². The van der Waals surface area contributed by atoms with Crippen LogP contribution in [0.2, 0.25) is 0 Å². The topological polar surface area (TPSA) is 15.3 Å². The third-order valence-corrected chi connectivity index (χ3v) is 2.46. The van der Waals surface area contributed by atoms with Gasteiger partial charge in [0.1, 0.15) is 0 Å². The number of hydrogen-bond acceptors (Lipinski definition) is 1. The van der Waals surface area contributed by atoms with Crippen molar-refractivity contribution in [1.29, 1.82) is 0 Å². The first-order valence-electron chi connectivity index (χ1n) is 3.90. The third-order valence-electron chi connectivity index (χ3n) is 2.00. The van der Waals surface area contributed by atoms with E-state index in [0.29, 0.717) is 18.2 Å². The van der Waals surface area contributed by atoms with E-state index >= 15 is 0 Å². The molecular weight excluding hydrogens is 182 g/mol. The van der Waals surface area contributed by atoms with Crippen LogP contribution < -0.4 is 5.32 Å². The molecule has 1 aliphatic heterocycles. The number of likely N-dealkylation sites (tertiary alicyclic amines) is 1. The van der Waals surface area contributed by atoms with Crippen molar-refractivity contribution >= 4 is 17.3 Å². The number of nitrogens with one attached hydrogen (secondary N) is 1. The molecule has 0 aromatic rings. The summed E-state index contributed by atoms with van der Waals surface area (Å²) in [6.45, 7) is 0.708. The van der Waals surface area contributed by atoms with E-state index in [-0.39, 0.29) is 12.8 Å². The van der Waals surface area contributed by atoms with Crippen LogP contribution in [0.4, 0.5) is 8.78 Å². The van der Waals surface area contributed by atoms with Crippen LogP contribution in [0, 0.1) is 0 Å². The Balaban J connectivity index is 2.41. The number of halogens is 2. The summed E-state index contributed by atoms with van der Waals surface area (Å²) in [5.41, 5.74) is 0. The van der Waals surface area contributed by atoms with E-state index < -0.39 is 5.92 Å². The van der Waals surface area contributed by atoms with E-state index in [2.05, 4.69) is 5.32 Å². The number of hydrogen-bond donors (Lipinski definition) is 1. The maximum absolute atomic E-state index is 12.7. The van der Waals surface area contributed by atoms with Crippen molar-refractivity contribution in [2.24, 2.45) is 0 Å². The lowest BCUT2D eigenvalue weighted by molar-refractivity contribution is -0.0434. The minimum atomic E-state index is -2.49. The molecule has 0 aromatic heterocycles. The van der Waals surface area contributed by atoms with Crippen molar-refractivity contribution in [3.05, 3.63) is 0 Å². The minimum Gasteiger partial charge on any atom is -0.366 e. The number of alkyl halides is 2.